The van der Waals surface area contributed by atoms with Gasteiger partial charge in [0.05, 0.1) is 6.04 Å². The van der Waals surface area contributed by atoms with Crippen molar-refractivity contribution in [2.24, 2.45) is 5.41 Å². The van der Waals surface area contributed by atoms with Gasteiger partial charge in [0.2, 0.25) is 5.91 Å². The lowest BCUT2D eigenvalue weighted by Gasteiger charge is -2.27. The van der Waals surface area contributed by atoms with Crippen LogP contribution in [0.2, 0.25) is 0 Å². The molecule has 0 heterocycles. The number of rotatable bonds is 9. The van der Waals surface area contributed by atoms with Crippen LogP contribution in [0.4, 0.5) is 4.79 Å². The number of carbonyl (C=O) groups excluding carboxylic acids is 2. The van der Waals surface area contributed by atoms with Gasteiger partial charge < -0.3 is 5.32 Å². The van der Waals surface area contributed by atoms with Gasteiger partial charge in [0, 0.05) is 13.0 Å². The van der Waals surface area contributed by atoms with Crippen molar-refractivity contribution in [3.63, 3.8) is 0 Å². The number of hydrogen-bond donors (Lipinski definition) is 1. The van der Waals surface area contributed by atoms with Crippen molar-refractivity contribution >= 4 is 17.5 Å². The Kier molecular flexibility index (Phi) is 9.77. The fraction of sp³-hybridized carbons (Fsp3) is 0.462. The lowest BCUT2D eigenvalue weighted by atomic mass is 9.91. The molecule has 0 bridgehead atoms. The van der Waals surface area contributed by atoms with Crippen molar-refractivity contribution in [1.82, 2.24) is 10.2 Å². The van der Waals surface area contributed by atoms with E-state index in [0.717, 1.165) is 35.1 Å². The molecule has 0 aliphatic carbocycles. The van der Waals surface area contributed by atoms with Gasteiger partial charge in [-0.2, -0.15) is 0 Å². The van der Waals surface area contributed by atoms with Gasteiger partial charge in [0.25, 0.3) is 0 Å². The molecule has 1 atom stereocenters. The standard InChI is InChI=1S/C26H38N2O2/c1-9-11-17-28(24(29)18-26(6,7)8)25(30)27-20(5)21-13-15-22(16-14-21)23(12-10-2)19(3)4/h10,12-16,20H,2-3,9,11,17-18H2,1,4-8H3,(H,27,30)/b23-12+. The fourth-order valence-electron chi connectivity index (χ4n) is 3.11. The number of unbranched alkanes of at least 4 members (excludes halogenated alkanes) is 1. The zero-order chi connectivity index (χ0) is 22.9. The number of nitrogens with one attached hydrogen (secondary N) is 1. The van der Waals surface area contributed by atoms with Crippen LogP contribution in [0.25, 0.3) is 5.57 Å². The number of urea groups is 1. The number of imide groups is 1. The maximum atomic E-state index is 12.9. The summed E-state index contributed by atoms with van der Waals surface area (Å²) in [6, 6.07) is 7.47. The third-order valence-corrected chi connectivity index (χ3v) is 4.77. The van der Waals surface area contributed by atoms with Crippen LogP contribution >= 0.6 is 0 Å². The first-order valence-electron chi connectivity index (χ1n) is 10.7. The molecule has 1 aromatic carbocycles. The van der Waals surface area contributed by atoms with Gasteiger partial charge in [-0.25, -0.2) is 4.79 Å². The van der Waals surface area contributed by atoms with Crippen molar-refractivity contribution < 1.29 is 9.59 Å². The molecule has 0 fully saturated rings. The van der Waals surface area contributed by atoms with Crippen molar-refractivity contribution in [3.8, 4) is 0 Å². The zero-order valence-electron chi connectivity index (χ0n) is 19.5. The Labute approximate surface area is 182 Å². The molecule has 0 saturated heterocycles. The van der Waals surface area contributed by atoms with Crippen LogP contribution in [0.15, 0.2) is 55.1 Å². The fourth-order valence-corrected chi connectivity index (χ4v) is 3.11. The summed E-state index contributed by atoms with van der Waals surface area (Å²) in [6.07, 6.45) is 5.75. The Balaban J connectivity index is 2.94. The van der Waals surface area contributed by atoms with E-state index in [9.17, 15) is 9.59 Å². The summed E-state index contributed by atoms with van der Waals surface area (Å²) in [5, 5.41) is 2.99. The minimum absolute atomic E-state index is 0.128. The molecule has 0 aliphatic heterocycles. The van der Waals surface area contributed by atoms with Gasteiger partial charge in [-0.05, 0) is 42.4 Å². The van der Waals surface area contributed by atoms with Gasteiger partial charge in [-0.3, -0.25) is 9.69 Å². The van der Waals surface area contributed by atoms with Crippen LogP contribution in [0.1, 0.15) is 78.0 Å². The predicted molar refractivity (Wildman–Crippen MR) is 127 cm³/mol. The lowest BCUT2D eigenvalue weighted by molar-refractivity contribution is -0.130. The van der Waals surface area contributed by atoms with E-state index >= 15 is 0 Å². The molecule has 30 heavy (non-hydrogen) atoms. The van der Waals surface area contributed by atoms with Crippen LogP contribution in [0, 0.1) is 5.41 Å². The van der Waals surface area contributed by atoms with Crippen LogP contribution in [-0.4, -0.2) is 23.4 Å². The maximum Gasteiger partial charge on any atom is 0.324 e. The highest BCUT2D eigenvalue weighted by molar-refractivity contribution is 5.94. The Morgan fingerprint density at radius 3 is 2.27 bits per heavy atom. The largest absolute Gasteiger partial charge is 0.331 e. The van der Waals surface area contributed by atoms with E-state index in [4.69, 9.17) is 0 Å². The topological polar surface area (TPSA) is 49.4 Å². The van der Waals surface area contributed by atoms with Gasteiger partial charge in [-0.15, -0.1) is 0 Å². The molecule has 4 nitrogen and oxygen atoms in total. The molecule has 0 aromatic heterocycles. The summed E-state index contributed by atoms with van der Waals surface area (Å²) in [4.78, 5) is 27.0. The third kappa shape index (κ3) is 8.02. The molecule has 0 aliphatic rings. The van der Waals surface area contributed by atoms with E-state index in [2.05, 4.69) is 25.4 Å². The van der Waals surface area contributed by atoms with Crippen LogP contribution in [0.3, 0.4) is 0 Å². The zero-order valence-corrected chi connectivity index (χ0v) is 19.5. The first-order valence-corrected chi connectivity index (χ1v) is 10.7. The third-order valence-electron chi connectivity index (χ3n) is 4.77. The van der Waals surface area contributed by atoms with Crippen molar-refractivity contribution in [1.29, 1.82) is 0 Å². The Morgan fingerprint density at radius 2 is 1.80 bits per heavy atom. The quantitative estimate of drug-likeness (QED) is 0.462. The molecule has 164 valence electrons. The second-order valence-corrected chi connectivity index (χ2v) is 9.03. The second-order valence-electron chi connectivity index (χ2n) is 9.03. The highest BCUT2D eigenvalue weighted by Crippen LogP contribution is 2.24. The van der Waals surface area contributed by atoms with Gasteiger partial charge in [0.1, 0.15) is 0 Å². The number of nitrogens with zero attached hydrogens (tertiary/aromatic N) is 1. The summed E-state index contributed by atoms with van der Waals surface area (Å²) < 4.78 is 0. The Morgan fingerprint density at radius 1 is 1.20 bits per heavy atom. The first kappa shape index (κ1) is 25.4. The average molecular weight is 411 g/mol. The van der Waals surface area contributed by atoms with E-state index < -0.39 is 0 Å². The molecular formula is C26H38N2O2. The lowest BCUT2D eigenvalue weighted by Crippen LogP contribution is -2.46. The highest BCUT2D eigenvalue weighted by atomic mass is 16.2. The number of carbonyl (C=O) groups is 2. The van der Waals surface area contributed by atoms with Crippen LogP contribution < -0.4 is 5.32 Å². The molecule has 0 spiro atoms. The monoisotopic (exact) mass is 410 g/mol. The van der Waals surface area contributed by atoms with Crippen LogP contribution in [-0.2, 0) is 4.79 Å². The van der Waals surface area contributed by atoms with E-state index in [1.807, 2.05) is 65.0 Å². The molecule has 1 unspecified atom stereocenters. The summed E-state index contributed by atoms with van der Waals surface area (Å²) in [7, 11) is 0. The predicted octanol–water partition coefficient (Wildman–Crippen LogP) is 6.67. The summed E-state index contributed by atoms with van der Waals surface area (Å²) in [6.45, 7) is 20.2. The molecular weight excluding hydrogens is 372 g/mol. The summed E-state index contributed by atoms with van der Waals surface area (Å²) in [5.41, 5.74) is 3.86. The number of allylic oxidation sites excluding steroid dienone is 4. The van der Waals surface area contributed by atoms with E-state index in [0.29, 0.717) is 13.0 Å². The maximum absolute atomic E-state index is 12.9. The molecule has 4 heteroatoms. The number of hydrogen-bond acceptors (Lipinski definition) is 2. The SMILES string of the molecule is C=C/C=C(\C(=C)C)c1ccc(C(C)NC(=O)N(CCCC)C(=O)CC(C)(C)C)cc1. The molecule has 1 N–H and O–H groups in total. The normalized spacial score (nSPS) is 12.8. The first-order chi connectivity index (χ1) is 14.0. The minimum Gasteiger partial charge on any atom is -0.331 e. The van der Waals surface area contributed by atoms with Crippen molar-refractivity contribution in [3.05, 3.63) is 66.3 Å². The average Bonchev–Trinajstić information content (AvgIpc) is 2.64. The Hall–Kier alpha value is -2.62. The molecule has 1 rings (SSSR count). The highest BCUT2D eigenvalue weighted by Gasteiger charge is 2.26. The molecule has 0 saturated carbocycles. The van der Waals surface area contributed by atoms with Crippen molar-refractivity contribution in [2.75, 3.05) is 6.54 Å². The van der Waals surface area contributed by atoms with Crippen molar-refractivity contribution in [2.45, 2.75) is 66.8 Å². The minimum atomic E-state index is -0.330. The summed E-state index contributed by atoms with van der Waals surface area (Å²) >= 11 is 0. The Bertz CT molecular complexity index is 782. The van der Waals surface area contributed by atoms with Crippen LogP contribution in [0.5, 0.6) is 0 Å². The molecule has 0 radical (unpaired) electrons. The van der Waals surface area contributed by atoms with Gasteiger partial charge in [0.15, 0.2) is 0 Å². The number of amides is 3. The van der Waals surface area contributed by atoms with Gasteiger partial charge in [-0.1, -0.05) is 89.3 Å². The van der Waals surface area contributed by atoms with E-state index in [1.54, 1.807) is 6.08 Å². The second kappa shape index (κ2) is 11.5. The molecule has 3 amide bonds. The van der Waals surface area contributed by atoms with E-state index in [1.165, 1.54) is 4.90 Å². The number of benzene rings is 1. The smallest absolute Gasteiger partial charge is 0.324 e. The van der Waals surface area contributed by atoms with E-state index in [-0.39, 0.29) is 23.4 Å². The summed E-state index contributed by atoms with van der Waals surface area (Å²) in [5.74, 6) is -0.128. The van der Waals surface area contributed by atoms with Gasteiger partial charge >= 0.3 is 6.03 Å². The molecule has 1 aromatic rings.